The van der Waals surface area contributed by atoms with E-state index >= 15 is 0 Å². The van der Waals surface area contributed by atoms with Crippen LogP contribution in [0.25, 0.3) is 0 Å². The predicted octanol–water partition coefficient (Wildman–Crippen LogP) is 2.12. The van der Waals surface area contributed by atoms with Crippen molar-refractivity contribution in [3.8, 4) is 0 Å². The molecule has 0 aromatic carbocycles. The van der Waals surface area contributed by atoms with Crippen molar-refractivity contribution in [2.45, 2.75) is 32.8 Å². The number of aliphatic hydroxyl groups is 1. The highest BCUT2D eigenvalue weighted by molar-refractivity contribution is 5.32. The molecule has 0 aliphatic heterocycles. The Bertz CT molecular complexity index is 314. The van der Waals surface area contributed by atoms with Gasteiger partial charge in [-0.2, -0.15) is 0 Å². The van der Waals surface area contributed by atoms with E-state index in [9.17, 15) is 5.11 Å². The fraction of sp³-hybridized carbons (Fsp3) is 0.600. The number of rotatable bonds is 1. The van der Waals surface area contributed by atoms with Crippen molar-refractivity contribution in [1.82, 2.24) is 0 Å². The maximum absolute atomic E-state index is 10.0. The Labute approximate surface area is 72.2 Å². The predicted molar refractivity (Wildman–Crippen MR) is 45.9 cm³/mol. The molecular formula is C10H14O2. The second-order valence-electron chi connectivity index (χ2n) is 3.86. The highest BCUT2D eigenvalue weighted by Crippen LogP contribution is 2.52. The molecule has 1 aromatic heterocycles. The number of hydrogen-bond donors (Lipinski definition) is 1. The lowest BCUT2D eigenvalue weighted by Gasteiger charge is -2.06. The second-order valence-corrected chi connectivity index (χ2v) is 3.86. The van der Waals surface area contributed by atoms with Gasteiger partial charge in [0, 0.05) is 5.56 Å². The Morgan fingerprint density at radius 1 is 1.58 bits per heavy atom. The van der Waals surface area contributed by atoms with Gasteiger partial charge in [0.1, 0.15) is 11.5 Å². The third-order valence-electron chi connectivity index (χ3n) is 2.78. The molecule has 1 aliphatic carbocycles. The maximum Gasteiger partial charge on any atom is 0.107 e. The highest BCUT2D eigenvalue weighted by atomic mass is 16.3. The van der Waals surface area contributed by atoms with Gasteiger partial charge in [0.05, 0.1) is 5.60 Å². The van der Waals surface area contributed by atoms with Gasteiger partial charge in [-0.05, 0) is 32.3 Å². The van der Waals surface area contributed by atoms with Crippen LogP contribution in [0.15, 0.2) is 10.5 Å². The molecule has 1 heterocycles. The van der Waals surface area contributed by atoms with Crippen LogP contribution < -0.4 is 0 Å². The zero-order chi connectivity index (χ0) is 8.93. The summed E-state index contributed by atoms with van der Waals surface area (Å²) in [4.78, 5) is 0. The smallest absolute Gasteiger partial charge is 0.107 e. The number of hydrogen-bond acceptors (Lipinski definition) is 2. The van der Waals surface area contributed by atoms with Crippen molar-refractivity contribution in [2.75, 3.05) is 0 Å². The van der Waals surface area contributed by atoms with Gasteiger partial charge < -0.3 is 9.52 Å². The van der Waals surface area contributed by atoms with Crippen molar-refractivity contribution < 1.29 is 9.52 Å². The minimum atomic E-state index is -0.582. The SMILES string of the molecule is Cc1cc(C2(O)CC2C)c(C)o1. The quantitative estimate of drug-likeness (QED) is 0.693. The van der Waals surface area contributed by atoms with Gasteiger partial charge in [-0.25, -0.2) is 0 Å². The fourth-order valence-corrected chi connectivity index (χ4v) is 1.84. The van der Waals surface area contributed by atoms with E-state index < -0.39 is 5.60 Å². The van der Waals surface area contributed by atoms with E-state index in [2.05, 4.69) is 6.92 Å². The van der Waals surface area contributed by atoms with Gasteiger partial charge in [-0.1, -0.05) is 6.92 Å². The normalized spacial score (nSPS) is 33.8. The molecule has 0 bridgehead atoms. The van der Waals surface area contributed by atoms with Crippen LogP contribution in [0.1, 0.15) is 30.4 Å². The fourth-order valence-electron chi connectivity index (χ4n) is 1.84. The maximum atomic E-state index is 10.0. The van der Waals surface area contributed by atoms with Gasteiger partial charge in [-0.15, -0.1) is 0 Å². The van der Waals surface area contributed by atoms with Crippen molar-refractivity contribution in [3.05, 3.63) is 23.2 Å². The summed E-state index contributed by atoms with van der Waals surface area (Å²) in [5.41, 5.74) is 0.398. The van der Waals surface area contributed by atoms with Crippen LogP contribution in [-0.4, -0.2) is 5.11 Å². The van der Waals surface area contributed by atoms with Crippen LogP contribution in [0.2, 0.25) is 0 Å². The molecule has 1 aliphatic rings. The largest absolute Gasteiger partial charge is 0.466 e. The molecule has 2 unspecified atom stereocenters. The monoisotopic (exact) mass is 166 g/mol. The van der Waals surface area contributed by atoms with Crippen molar-refractivity contribution >= 4 is 0 Å². The van der Waals surface area contributed by atoms with E-state index in [0.717, 1.165) is 23.5 Å². The van der Waals surface area contributed by atoms with E-state index in [4.69, 9.17) is 4.42 Å². The third kappa shape index (κ3) is 0.911. The molecule has 1 fully saturated rings. The van der Waals surface area contributed by atoms with E-state index in [-0.39, 0.29) is 0 Å². The number of aryl methyl sites for hydroxylation is 2. The van der Waals surface area contributed by atoms with Crippen LogP contribution in [0.3, 0.4) is 0 Å². The first-order chi connectivity index (χ1) is 5.54. The molecule has 66 valence electrons. The van der Waals surface area contributed by atoms with E-state index in [1.807, 2.05) is 19.9 Å². The summed E-state index contributed by atoms with van der Waals surface area (Å²) in [7, 11) is 0. The van der Waals surface area contributed by atoms with Gasteiger partial charge in [0.2, 0.25) is 0 Å². The van der Waals surface area contributed by atoms with E-state index in [1.165, 1.54) is 0 Å². The third-order valence-corrected chi connectivity index (χ3v) is 2.78. The van der Waals surface area contributed by atoms with Gasteiger partial charge >= 0.3 is 0 Å². The average molecular weight is 166 g/mol. The lowest BCUT2D eigenvalue weighted by Crippen LogP contribution is -2.07. The van der Waals surface area contributed by atoms with Crippen LogP contribution in [0.4, 0.5) is 0 Å². The molecule has 0 saturated heterocycles. The first kappa shape index (κ1) is 7.87. The van der Waals surface area contributed by atoms with Crippen LogP contribution in [0.5, 0.6) is 0 Å². The molecule has 2 heteroatoms. The number of furan rings is 1. The summed E-state index contributed by atoms with van der Waals surface area (Å²) < 4.78 is 5.37. The molecule has 1 saturated carbocycles. The van der Waals surface area contributed by atoms with Crippen LogP contribution >= 0.6 is 0 Å². The summed E-state index contributed by atoms with van der Waals surface area (Å²) in [6, 6.07) is 1.94. The summed E-state index contributed by atoms with van der Waals surface area (Å²) >= 11 is 0. The van der Waals surface area contributed by atoms with E-state index in [0.29, 0.717) is 5.92 Å². The minimum absolute atomic E-state index is 0.383. The Balaban J connectivity index is 2.41. The lowest BCUT2D eigenvalue weighted by atomic mass is 10.1. The topological polar surface area (TPSA) is 33.4 Å². The van der Waals surface area contributed by atoms with Crippen LogP contribution in [-0.2, 0) is 5.60 Å². The van der Waals surface area contributed by atoms with Crippen LogP contribution in [0, 0.1) is 19.8 Å². The van der Waals surface area contributed by atoms with Crippen molar-refractivity contribution in [1.29, 1.82) is 0 Å². The molecule has 0 amide bonds. The van der Waals surface area contributed by atoms with E-state index in [1.54, 1.807) is 0 Å². The standard InChI is InChI=1S/C10H14O2/c1-6-5-10(6,11)9-4-7(2)12-8(9)3/h4,6,11H,5H2,1-3H3. The zero-order valence-corrected chi connectivity index (χ0v) is 7.72. The zero-order valence-electron chi connectivity index (χ0n) is 7.72. The lowest BCUT2D eigenvalue weighted by molar-refractivity contribution is 0.133. The Morgan fingerprint density at radius 2 is 2.17 bits per heavy atom. The molecule has 0 spiro atoms. The summed E-state index contributed by atoms with van der Waals surface area (Å²) in [6.45, 7) is 5.88. The molecule has 12 heavy (non-hydrogen) atoms. The first-order valence-electron chi connectivity index (χ1n) is 4.34. The first-order valence-corrected chi connectivity index (χ1v) is 4.34. The van der Waals surface area contributed by atoms with Crippen molar-refractivity contribution in [3.63, 3.8) is 0 Å². The van der Waals surface area contributed by atoms with Gasteiger partial charge in [-0.3, -0.25) is 0 Å². The molecule has 1 N–H and O–H groups in total. The Hall–Kier alpha value is -0.760. The second kappa shape index (κ2) is 2.13. The van der Waals surface area contributed by atoms with Gasteiger partial charge in [0.25, 0.3) is 0 Å². The molecule has 0 radical (unpaired) electrons. The Kier molecular flexibility index (Phi) is 1.40. The summed E-state index contributed by atoms with van der Waals surface area (Å²) in [5.74, 6) is 2.13. The van der Waals surface area contributed by atoms with Gasteiger partial charge in [0.15, 0.2) is 0 Å². The van der Waals surface area contributed by atoms with Crippen molar-refractivity contribution in [2.24, 2.45) is 5.92 Å². The molecule has 2 atom stereocenters. The molecule has 2 nitrogen and oxygen atoms in total. The molecule has 1 aromatic rings. The molecular weight excluding hydrogens is 152 g/mol. The Morgan fingerprint density at radius 3 is 2.50 bits per heavy atom. The summed E-state index contributed by atoms with van der Waals surface area (Å²) in [6.07, 6.45) is 0.868. The highest BCUT2D eigenvalue weighted by Gasteiger charge is 2.52. The average Bonchev–Trinajstić information content (AvgIpc) is 2.37. The summed E-state index contributed by atoms with van der Waals surface area (Å²) in [5, 5.41) is 10.0. The minimum Gasteiger partial charge on any atom is -0.466 e. The molecule has 2 rings (SSSR count).